The third kappa shape index (κ3) is 3.90. The number of aromatic nitrogens is 1. The van der Waals surface area contributed by atoms with E-state index in [2.05, 4.69) is 0 Å². The molecule has 8 heteroatoms. The largest absolute Gasteiger partial charge is 0.416 e. The van der Waals surface area contributed by atoms with Gasteiger partial charge in [0.15, 0.2) is 0 Å². The van der Waals surface area contributed by atoms with E-state index in [4.69, 9.17) is 0 Å². The highest BCUT2D eigenvalue weighted by Gasteiger charge is 2.30. The average molecular weight is 417 g/mol. The first kappa shape index (κ1) is 21.4. The van der Waals surface area contributed by atoms with Crippen LogP contribution < -0.4 is 15.4 Å². The van der Waals surface area contributed by atoms with E-state index in [1.165, 1.54) is 28.6 Å². The number of halogens is 3. The molecule has 0 aliphatic heterocycles. The summed E-state index contributed by atoms with van der Waals surface area (Å²) in [6, 6.07) is 11.8. The van der Waals surface area contributed by atoms with Gasteiger partial charge in [0.25, 0.3) is 5.56 Å². The molecule has 2 aromatic carbocycles. The van der Waals surface area contributed by atoms with Crippen LogP contribution in [0.1, 0.15) is 11.1 Å². The highest BCUT2D eigenvalue weighted by Crippen LogP contribution is 2.31. The van der Waals surface area contributed by atoms with Gasteiger partial charge in [-0.3, -0.25) is 9.59 Å². The summed E-state index contributed by atoms with van der Waals surface area (Å²) in [5, 5.41) is 0.838. The molecule has 0 aliphatic rings. The molecule has 1 aromatic heterocycles. The number of carbonyl (C=O) groups excluding carboxylic acids is 1. The van der Waals surface area contributed by atoms with Gasteiger partial charge in [-0.05, 0) is 30.3 Å². The molecule has 3 aromatic rings. The Morgan fingerprint density at radius 3 is 2.17 bits per heavy atom. The van der Waals surface area contributed by atoms with Gasteiger partial charge >= 0.3 is 6.18 Å². The molecule has 158 valence electrons. The molecule has 1 amide bonds. The second-order valence-electron chi connectivity index (χ2n) is 7.28. The summed E-state index contributed by atoms with van der Waals surface area (Å²) >= 11 is 0. The van der Waals surface area contributed by atoms with Crippen molar-refractivity contribution in [1.29, 1.82) is 0 Å². The molecule has 5 nitrogen and oxygen atoms in total. The number of hydrogen-bond acceptors (Lipinski definition) is 3. The first-order valence-corrected chi connectivity index (χ1v) is 9.24. The predicted molar refractivity (Wildman–Crippen MR) is 112 cm³/mol. The maximum atomic E-state index is 13.0. The van der Waals surface area contributed by atoms with E-state index in [1.807, 2.05) is 24.3 Å². The summed E-state index contributed by atoms with van der Waals surface area (Å²) in [5.74, 6) is -0.398. The number of carbonyl (C=O) groups is 1. The van der Waals surface area contributed by atoms with E-state index in [1.54, 1.807) is 26.0 Å². The van der Waals surface area contributed by atoms with Crippen molar-refractivity contribution in [2.45, 2.75) is 12.6 Å². The number of benzene rings is 2. The Hall–Kier alpha value is -3.29. The summed E-state index contributed by atoms with van der Waals surface area (Å²) < 4.78 is 39.8. The molecular weight excluding hydrogens is 395 g/mol. The zero-order chi connectivity index (χ0) is 22.2. The second kappa shape index (κ2) is 7.85. The van der Waals surface area contributed by atoms with Gasteiger partial charge in [0.1, 0.15) is 0 Å². The minimum absolute atomic E-state index is 0.178. The Labute approximate surface area is 171 Å². The van der Waals surface area contributed by atoms with Crippen molar-refractivity contribution in [3.8, 4) is 0 Å². The quantitative estimate of drug-likeness (QED) is 0.648. The number of para-hydroxylation sites is 1. The summed E-state index contributed by atoms with van der Waals surface area (Å²) in [6.45, 7) is 0. The predicted octanol–water partition coefficient (Wildman–Crippen LogP) is 3.83. The fourth-order valence-corrected chi connectivity index (χ4v) is 3.50. The number of alkyl halides is 3. The van der Waals surface area contributed by atoms with Crippen molar-refractivity contribution < 1.29 is 18.0 Å². The number of pyridine rings is 1. The summed E-state index contributed by atoms with van der Waals surface area (Å²) in [6.07, 6.45) is -4.62. The van der Waals surface area contributed by atoms with Crippen molar-refractivity contribution in [2.24, 2.45) is 7.05 Å². The molecule has 1 heterocycles. The van der Waals surface area contributed by atoms with Crippen LogP contribution in [0.2, 0.25) is 0 Å². The van der Waals surface area contributed by atoms with E-state index in [0.717, 1.165) is 23.0 Å². The fraction of sp³-hybridized carbons (Fsp3) is 0.273. The minimum atomic E-state index is -4.45. The molecule has 0 unspecified atom stereocenters. The zero-order valence-electron chi connectivity index (χ0n) is 17.1. The van der Waals surface area contributed by atoms with Crippen LogP contribution in [-0.2, 0) is 24.4 Å². The van der Waals surface area contributed by atoms with Gasteiger partial charge in [-0.25, -0.2) is 0 Å². The van der Waals surface area contributed by atoms with Crippen LogP contribution in [0.25, 0.3) is 10.9 Å². The van der Waals surface area contributed by atoms with Crippen LogP contribution >= 0.6 is 0 Å². The first-order valence-electron chi connectivity index (χ1n) is 9.24. The van der Waals surface area contributed by atoms with Gasteiger partial charge in [0, 0.05) is 39.3 Å². The molecule has 0 saturated carbocycles. The Morgan fingerprint density at radius 2 is 1.60 bits per heavy atom. The normalized spacial score (nSPS) is 11.6. The van der Waals surface area contributed by atoms with Crippen molar-refractivity contribution >= 4 is 28.2 Å². The SMILES string of the molecule is CN(C)c1c(CC(=O)N(C)c2ccc(C(F)(F)F)cc2)c(=O)n(C)c2ccccc12. The molecule has 0 N–H and O–H groups in total. The van der Waals surface area contributed by atoms with Gasteiger partial charge in [-0.15, -0.1) is 0 Å². The average Bonchev–Trinajstić information content (AvgIpc) is 2.70. The van der Waals surface area contributed by atoms with Crippen molar-refractivity contribution in [1.82, 2.24) is 4.57 Å². The molecule has 0 radical (unpaired) electrons. The van der Waals surface area contributed by atoms with E-state index in [-0.39, 0.29) is 12.0 Å². The lowest BCUT2D eigenvalue weighted by Gasteiger charge is -2.23. The van der Waals surface area contributed by atoms with Crippen LogP contribution in [0.4, 0.5) is 24.5 Å². The molecule has 0 bridgehead atoms. The Kier molecular flexibility index (Phi) is 5.61. The van der Waals surface area contributed by atoms with Crippen molar-refractivity contribution in [3.05, 3.63) is 70.0 Å². The lowest BCUT2D eigenvalue weighted by atomic mass is 10.0. The number of amides is 1. The van der Waals surface area contributed by atoms with Crippen LogP contribution in [0.3, 0.4) is 0 Å². The maximum absolute atomic E-state index is 13.0. The van der Waals surface area contributed by atoms with Gasteiger partial charge < -0.3 is 14.4 Å². The van der Waals surface area contributed by atoms with Crippen molar-refractivity contribution in [3.63, 3.8) is 0 Å². The molecule has 0 saturated heterocycles. The number of anilines is 2. The van der Waals surface area contributed by atoms with Gasteiger partial charge in [0.2, 0.25) is 5.91 Å². The number of likely N-dealkylation sites (N-methyl/N-ethyl adjacent to an activating group) is 1. The monoisotopic (exact) mass is 417 g/mol. The maximum Gasteiger partial charge on any atom is 0.416 e. The number of fused-ring (bicyclic) bond motifs is 1. The Bertz CT molecular complexity index is 1150. The van der Waals surface area contributed by atoms with Crippen LogP contribution in [0.15, 0.2) is 53.3 Å². The Balaban J connectivity index is 1.99. The van der Waals surface area contributed by atoms with Crippen LogP contribution in [-0.4, -0.2) is 31.6 Å². The summed E-state index contributed by atoms with van der Waals surface area (Å²) in [4.78, 5) is 29.0. The first-order chi connectivity index (χ1) is 14.0. The molecular formula is C22H22F3N3O2. The summed E-state index contributed by atoms with van der Waals surface area (Å²) in [7, 11) is 6.73. The molecule has 3 rings (SSSR count). The van der Waals surface area contributed by atoms with Gasteiger partial charge in [-0.2, -0.15) is 13.2 Å². The molecule has 30 heavy (non-hydrogen) atoms. The van der Waals surface area contributed by atoms with Crippen LogP contribution in [0.5, 0.6) is 0 Å². The second-order valence-corrected chi connectivity index (χ2v) is 7.28. The van der Waals surface area contributed by atoms with E-state index in [0.29, 0.717) is 16.9 Å². The molecule has 0 atom stereocenters. The van der Waals surface area contributed by atoms with Crippen LogP contribution in [0, 0.1) is 0 Å². The van der Waals surface area contributed by atoms with Crippen molar-refractivity contribution in [2.75, 3.05) is 30.9 Å². The van der Waals surface area contributed by atoms with Gasteiger partial charge in [0.05, 0.1) is 28.8 Å². The van der Waals surface area contributed by atoms with E-state index < -0.39 is 17.6 Å². The fourth-order valence-electron chi connectivity index (χ4n) is 3.50. The third-order valence-electron chi connectivity index (χ3n) is 5.10. The molecule has 0 aliphatic carbocycles. The zero-order valence-corrected chi connectivity index (χ0v) is 17.1. The lowest BCUT2D eigenvalue weighted by molar-refractivity contribution is -0.137. The number of nitrogens with zero attached hydrogens (tertiary/aromatic N) is 3. The highest BCUT2D eigenvalue weighted by molar-refractivity contribution is 5.99. The highest BCUT2D eigenvalue weighted by atomic mass is 19.4. The minimum Gasteiger partial charge on any atom is -0.377 e. The smallest absolute Gasteiger partial charge is 0.377 e. The number of rotatable bonds is 4. The topological polar surface area (TPSA) is 45.6 Å². The molecule has 0 spiro atoms. The number of hydrogen-bond donors (Lipinski definition) is 0. The third-order valence-corrected chi connectivity index (χ3v) is 5.10. The lowest BCUT2D eigenvalue weighted by Crippen LogP contribution is -2.33. The van der Waals surface area contributed by atoms with E-state index >= 15 is 0 Å². The Morgan fingerprint density at radius 1 is 1.00 bits per heavy atom. The van der Waals surface area contributed by atoms with E-state index in [9.17, 15) is 22.8 Å². The van der Waals surface area contributed by atoms with Gasteiger partial charge in [-0.1, -0.05) is 18.2 Å². The number of aryl methyl sites for hydroxylation is 1. The standard InChI is InChI=1S/C22H22F3N3O2/c1-26(2)20-16-7-5-6-8-18(16)28(4)21(30)17(20)13-19(29)27(3)15-11-9-14(10-12-15)22(23,24)25/h5-12H,13H2,1-4H3. The summed E-state index contributed by atoms with van der Waals surface area (Å²) in [5.41, 5.74) is 0.986. The molecule has 0 fully saturated rings.